The van der Waals surface area contributed by atoms with Gasteiger partial charge in [-0.2, -0.15) is 0 Å². The first kappa shape index (κ1) is 25.0. The molecule has 0 N–H and O–H groups in total. The van der Waals surface area contributed by atoms with Crippen molar-refractivity contribution in [1.29, 1.82) is 0 Å². The largest absolute Gasteiger partial charge is 0.463 e. The third-order valence-corrected chi connectivity index (χ3v) is 11.4. The summed E-state index contributed by atoms with van der Waals surface area (Å²) in [4.78, 5) is 21.2. The van der Waals surface area contributed by atoms with Crippen molar-refractivity contribution in [2.75, 3.05) is 6.61 Å². The number of nitrogens with zero attached hydrogens (tertiary/aromatic N) is 2. The smallest absolute Gasteiger partial charge is 0.331 e. The van der Waals surface area contributed by atoms with Crippen LogP contribution in [0.1, 0.15) is 51.9 Å². The molecule has 1 aromatic heterocycles. The number of aromatic nitrogens is 2. The fraction of sp³-hybridized carbons (Fsp3) is 0.345. The number of benzene rings is 2. The Kier molecular flexibility index (Phi) is 7.62. The van der Waals surface area contributed by atoms with Crippen molar-refractivity contribution in [3.8, 4) is 0 Å². The SMILES string of the molecule is CCOC(=O)/C=C(/c1cc(CO[Si](c2ccccc2)(c2ccccc2)C(C)(C)C)ncn1)C1CC1. The normalized spacial score (nSPS) is 14.6. The van der Waals surface area contributed by atoms with E-state index in [0.717, 1.165) is 29.8 Å². The number of esters is 1. The second-order valence-electron chi connectivity index (χ2n) is 9.97. The summed E-state index contributed by atoms with van der Waals surface area (Å²) in [5, 5.41) is 2.34. The number of ether oxygens (including phenoxy) is 1. The second-order valence-corrected chi connectivity index (χ2v) is 14.3. The molecular formula is C29H34N2O3Si. The molecule has 1 heterocycles. The molecule has 6 heteroatoms. The van der Waals surface area contributed by atoms with Gasteiger partial charge in [0, 0.05) is 6.08 Å². The molecule has 0 amide bonds. The van der Waals surface area contributed by atoms with Crippen LogP contribution in [-0.4, -0.2) is 30.9 Å². The molecule has 3 aromatic rings. The van der Waals surface area contributed by atoms with E-state index in [2.05, 4.69) is 79.3 Å². The molecular weight excluding hydrogens is 452 g/mol. The van der Waals surface area contributed by atoms with Crippen molar-refractivity contribution < 1.29 is 14.0 Å². The quantitative estimate of drug-likeness (QED) is 0.244. The summed E-state index contributed by atoms with van der Waals surface area (Å²) >= 11 is 0. The summed E-state index contributed by atoms with van der Waals surface area (Å²) in [5.74, 6) is 0.0258. The lowest BCUT2D eigenvalue weighted by molar-refractivity contribution is -0.137. The third-order valence-electron chi connectivity index (χ3n) is 6.45. The number of carbonyl (C=O) groups is 1. The van der Waals surface area contributed by atoms with Gasteiger partial charge < -0.3 is 9.16 Å². The van der Waals surface area contributed by atoms with E-state index < -0.39 is 8.32 Å². The maximum atomic E-state index is 12.2. The van der Waals surface area contributed by atoms with Crippen LogP contribution in [0.15, 0.2) is 79.1 Å². The fourth-order valence-corrected chi connectivity index (χ4v) is 9.20. The molecule has 2 aromatic carbocycles. The van der Waals surface area contributed by atoms with Gasteiger partial charge in [0.1, 0.15) is 6.33 Å². The van der Waals surface area contributed by atoms with E-state index in [1.807, 2.05) is 25.1 Å². The van der Waals surface area contributed by atoms with Crippen molar-refractivity contribution in [3.05, 3.63) is 90.5 Å². The maximum absolute atomic E-state index is 12.2. The number of hydrogen-bond donors (Lipinski definition) is 0. The third kappa shape index (κ3) is 5.60. The fourth-order valence-electron chi connectivity index (χ4n) is 4.68. The van der Waals surface area contributed by atoms with Gasteiger partial charge >= 0.3 is 5.97 Å². The first-order valence-electron chi connectivity index (χ1n) is 12.3. The Hall–Kier alpha value is -3.09. The molecule has 0 unspecified atom stereocenters. The highest BCUT2D eigenvalue weighted by atomic mass is 28.4. The Bertz CT molecular complexity index is 1130. The lowest BCUT2D eigenvalue weighted by Gasteiger charge is -2.43. The molecule has 182 valence electrons. The van der Waals surface area contributed by atoms with Crippen LogP contribution in [0.3, 0.4) is 0 Å². The van der Waals surface area contributed by atoms with Crippen LogP contribution in [0.25, 0.3) is 5.57 Å². The molecule has 0 saturated heterocycles. The monoisotopic (exact) mass is 486 g/mol. The molecule has 0 bridgehead atoms. The topological polar surface area (TPSA) is 61.3 Å². The number of hydrogen-bond acceptors (Lipinski definition) is 5. The molecule has 1 aliphatic carbocycles. The number of rotatable bonds is 9. The predicted octanol–water partition coefficient (Wildman–Crippen LogP) is 4.91. The van der Waals surface area contributed by atoms with Crippen molar-refractivity contribution >= 4 is 30.2 Å². The summed E-state index contributed by atoms with van der Waals surface area (Å²) < 4.78 is 12.2. The molecule has 5 nitrogen and oxygen atoms in total. The zero-order valence-electron chi connectivity index (χ0n) is 21.0. The molecule has 1 aliphatic rings. The summed E-state index contributed by atoms with van der Waals surface area (Å²) in [6, 6.07) is 23.1. The van der Waals surface area contributed by atoms with Crippen molar-refractivity contribution in [1.82, 2.24) is 9.97 Å². The number of allylic oxidation sites excluding steroid dienone is 1. The first-order valence-corrected chi connectivity index (χ1v) is 14.2. The van der Waals surface area contributed by atoms with Gasteiger partial charge in [-0.15, -0.1) is 0 Å². The van der Waals surface area contributed by atoms with Crippen LogP contribution in [0, 0.1) is 5.92 Å². The highest BCUT2D eigenvalue weighted by Crippen LogP contribution is 2.41. The standard InChI is InChI=1S/C29H34N2O3Si/c1-5-33-28(32)19-26(22-16-17-22)27-18-23(30-21-31-27)20-34-35(29(2,3)4,24-12-8-6-9-13-24)25-14-10-7-11-15-25/h6-15,18-19,21-22H,5,16-17,20H2,1-4H3/b26-19+. The summed E-state index contributed by atoms with van der Waals surface area (Å²) in [7, 11) is -2.67. The highest BCUT2D eigenvalue weighted by molar-refractivity contribution is 6.99. The lowest BCUT2D eigenvalue weighted by atomic mass is 10.1. The van der Waals surface area contributed by atoms with Gasteiger partial charge in [0.15, 0.2) is 0 Å². The van der Waals surface area contributed by atoms with E-state index >= 15 is 0 Å². The zero-order valence-corrected chi connectivity index (χ0v) is 22.0. The molecule has 35 heavy (non-hydrogen) atoms. The van der Waals surface area contributed by atoms with E-state index in [4.69, 9.17) is 9.16 Å². The lowest BCUT2D eigenvalue weighted by Crippen LogP contribution is -2.66. The van der Waals surface area contributed by atoms with Gasteiger partial charge in [-0.3, -0.25) is 0 Å². The minimum atomic E-state index is -2.67. The van der Waals surface area contributed by atoms with E-state index in [-0.39, 0.29) is 11.0 Å². The van der Waals surface area contributed by atoms with Crippen LogP contribution in [-0.2, 0) is 20.6 Å². The van der Waals surface area contributed by atoms with Crippen molar-refractivity contribution in [2.24, 2.45) is 5.92 Å². The zero-order chi connectivity index (χ0) is 24.9. The average Bonchev–Trinajstić information content (AvgIpc) is 3.69. The Morgan fingerprint density at radius 1 is 1.00 bits per heavy atom. The minimum absolute atomic E-state index is 0.117. The van der Waals surface area contributed by atoms with E-state index in [0.29, 0.717) is 19.1 Å². The van der Waals surface area contributed by atoms with Crippen LogP contribution in [0.4, 0.5) is 0 Å². The predicted molar refractivity (Wildman–Crippen MR) is 142 cm³/mol. The summed E-state index contributed by atoms with van der Waals surface area (Å²) in [5.41, 5.74) is 2.51. The van der Waals surface area contributed by atoms with Crippen molar-refractivity contribution in [2.45, 2.75) is 52.2 Å². The van der Waals surface area contributed by atoms with Crippen LogP contribution in [0.5, 0.6) is 0 Å². The highest BCUT2D eigenvalue weighted by Gasteiger charge is 2.50. The van der Waals surface area contributed by atoms with Crippen LogP contribution >= 0.6 is 0 Å². The van der Waals surface area contributed by atoms with Gasteiger partial charge in [-0.05, 0) is 52.7 Å². The van der Waals surface area contributed by atoms with Crippen LogP contribution < -0.4 is 10.4 Å². The minimum Gasteiger partial charge on any atom is -0.463 e. The first-order chi connectivity index (χ1) is 16.8. The van der Waals surface area contributed by atoms with Gasteiger partial charge in [0.05, 0.1) is 24.6 Å². The molecule has 0 atom stereocenters. The Morgan fingerprint density at radius 3 is 2.11 bits per heavy atom. The van der Waals surface area contributed by atoms with Gasteiger partial charge in [-0.1, -0.05) is 81.4 Å². The molecule has 1 fully saturated rings. The molecule has 0 spiro atoms. The maximum Gasteiger partial charge on any atom is 0.331 e. The Labute approximate surface area is 209 Å². The van der Waals surface area contributed by atoms with Gasteiger partial charge in [0.2, 0.25) is 0 Å². The van der Waals surface area contributed by atoms with E-state index in [1.165, 1.54) is 10.4 Å². The summed E-state index contributed by atoms with van der Waals surface area (Å²) in [6.07, 6.45) is 5.28. The molecule has 1 saturated carbocycles. The van der Waals surface area contributed by atoms with Gasteiger partial charge in [-0.25, -0.2) is 14.8 Å². The summed E-state index contributed by atoms with van der Waals surface area (Å²) in [6.45, 7) is 9.32. The van der Waals surface area contributed by atoms with E-state index in [9.17, 15) is 4.79 Å². The van der Waals surface area contributed by atoms with E-state index in [1.54, 1.807) is 12.4 Å². The number of carbonyl (C=O) groups excluding carboxylic acids is 1. The molecule has 0 radical (unpaired) electrons. The Balaban J connectivity index is 1.70. The van der Waals surface area contributed by atoms with Gasteiger partial charge in [0.25, 0.3) is 8.32 Å². The van der Waals surface area contributed by atoms with Crippen molar-refractivity contribution in [3.63, 3.8) is 0 Å². The van der Waals surface area contributed by atoms with Crippen LogP contribution in [0.2, 0.25) is 5.04 Å². The molecule has 4 rings (SSSR count). The second kappa shape index (κ2) is 10.7. The average molecular weight is 487 g/mol. The Morgan fingerprint density at radius 2 is 1.60 bits per heavy atom. The molecule has 0 aliphatic heterocycles.